The van der Waals surface area contributed by atoms with Crippen LogP contribution in [0.1, 0.15) is 15.9 Å². The number of aromatic amines is 1. The number of carbonyl (C=O) groups excluding carboxylic acids is 1. The van der Waals surface area contributed by atoms with E-state index in [2.05, 4.69) is 4.98 Å². The summed E-state index contributed by atoms with van der Waals surface area (Å²) in [6.07, 6.45) is 0.1000. The predicted molar refractivity (Wildman–Crippen MR) is 88.5 cm³/mol. The first kappa shape index (κ1) is 14.4. The van der Waals surface area contributed by atoms with Crippen LogP contribution in [0, 0.1) is 0 Å². The largest absolute Gasteiger partial charge is 0.398 e. The number of hydrogen-bond acceptors (Lipinski definition) is 3. The second kappa shape index (κ2) is 5.66. The number of nitrogens with two attached hydrogens (primary N) is 1. The van der Waals surface area contributed by atoms with Crippen molar-refractivity contribution in [2.45, 2.75) is 6.42 Å². The number of nitrogen functional groups attached to an aromatic ring is 1. The smallest absolute Gasteiger partial charge is 0.259 e. The summed E-state index contributed by atoms with van der Waals surface area (Å²) in [5.74, 6) is -0.256. The molecule has 0 amide bonds. The van der Waals surface area contributed by atoms with Gasteiger partial charge in [0.15, 0.2) is 5.78 Å². The van der Waals surface area contributed by atoms with Crippen LogP contribution in [0.5, 0.6) is 0 Å². The lowest BCUT2D eigenvalue weighted by Crippen LogP contribution is -2.19. The number of carbonyl (C=O) groups is 1. The molecular formula is C17H13ClN2O2. The summed E-state index contributed by atoms with van der Waals surface area (Å²) >= 11 is 5.86. The summed E-state index contributed by atoms with van der Waals surface area (Å²) in [5, 5.41) is 1.26. The number of benzene rings is 2. The Labute approximate surface area is 131 Å². The first-order valence-corrected chi connectivity index (χ1v) is 7.11. The maximum Gasteiger partial charge on any atom is 0.259 e. The van der Waals surface area contributed by atoms with Crippen molar-refractivity contribution < 1.29 is 4.79 Å². The van der Waals surface area contributed by atoms with Crippen molar-refractivity contribution in [1.29, 1.82) is 0 Å². The van der Waals surface area contributed by atoms with Gasteiger partial charge in [0, 0.05) is 11.9 Å². The molecule has 0 bridgehead atoms. The standard InChI is InChI=1S/C17H13ClN2O2/c18-13-6-5-10(7-14(13)19)8-16(21)12-9-11-3-1-2-4-15(11)20-17(12)22/h1-7,9H,8,19H2,(H,20,22). The minimum Gasteiger partial charge on any atom is -0.398 e. The molecule has 0 unspecified atom stereocenters. The van der Waals surface area contributed by atoms with E-state index in [-0.39, 0.29) is 23.3 Å². The van der Waals surface area contributed by atoms with Gasteiger partial charge in [0.05, 0.1) is 16.3 Å². The van der Waals surface area contributed by atoms with E-state index in [1.54, 1.807) is 30.3 Å². The quantitative estimate of drug-likeness (QED) is 0.576. The van der Waals surface area contributed by atoms with Gasteiger partial charge in [-0.15, -0.1) is 0 Å². The van der Waals surface area contributed by atoms with Gasteiger partial charge in [-0.05, 0) is 35.2 Å². The van der Waals surface area contributed by atoms with Gasteiger partial charge in [-0.2, -0.15) is 0 Å². The number of aromatic nitrogens is 1. The number of para-hydroxylation sites is 1. The van der Waals surface area contributed by atoms with Crippen LogP contribution in [0.4, 0.5) is 5.69 Å². The second-order valence-electron chi connectivity index (χ2n) is 5.06. The zero-order valence-electron chi connectivity index (χ0n) is 11.6. The van der Waals surface area contributed by atoms with Gasteiger partial charge in [0.1, 0.15) is 0 Å². The van der Waals surface area contributed by atoms with Crippen LogP contribution in [0.25, 0.3) is 10.9 Å². The molecule has 1 aromatic heterocycles. The molecular weight excluding hydrogens is 300 g/mol. The van der Waals surface area contributed by atoms with Crippen molar-refractivity contribution in [2.75, 3.05) is 5.73 Å². The summed E-state index contributed by atoms with van der Waals surface area (Å²) in [7, 11) is 0. The topological polar surface area (TPSA) is 76.0 Å². The molecule has 0 saturated heterocycles. The maximum absolute atomic E-state index is 12.4. The van der Waals surface area contributed by atoms with Crippen molar-refractivity contribution in [3.05, 3.63) is 75.0 Å². The lowest BCUT2D eigenvalue weighted by Gasteiger charge is -2.05. The number of nitrogens with one attached hydrogen (secondary N) is 1. The number of anilines is 1. The van der Waals surface area contributed by atoms with E-state index >= 15 is 0 Å². The molecule has 0 atom stereocenters. The van der Waals surface area contributed by atoms with E-state index in [4.69, 9.17) is 17.3 Å². The minimum absolute atomic E-state index is 0.1000. The number of pyridine rings is 1. The Bertz CT molecular complexity index is 931. The highest BCUT2D eigenvalue weighted by atomic mass is 35.5. The van der Waals surface area contributed by atoms with Gasteiger partial charge in [-0.25, -0.2) is 0 Å². The molecule has 3 rings (SSSR count). The molecule has 0 saturated carbocycles. The van der Waals surface area contributed by atoms with Crippen molar-refractivity contribution in [3.63, 3.8) is 0 Å². The monoisotopic (exact) mass is 312 g/mol. The Hall–Kier alpha value is -2.59. The number of Topliss-reactive ketones (excluding diaryl/α,β-unsaturated/α-hetero) is 1. The van der Waals surface area contributed by atoms with Gasteiger partial charge >= 0.3 is 0 Å². The van der Waals surface area contributed by atoms with Gasteiger partial charge in [-0.1, -0.05) is 35.9 Å². The van der Waals surface area contributed by atoms with E-state index in [1.807, 2.05) is 18.2 Å². The van der Waals surface area contributed by atoms with Crippen LogP contribution in [0.15, 0.2) is 53.3 Å². The van der Waals surface area contributed by atoms with Crippen molar-refractivity contribution >= 4 is 34.0 Å². The number of fused-ring (bicyclic) bond motifs is 1. The van der Waals surface area contributed by atoms with Gasteiger partial charge in [0.2, 0.25) is 0 Å². The zero-order valence-corrected chi connectivity index (χ0v) is 12.4. The Kier molecular flexibility index (Phi) is 3.69. The van der Waals surface area contributed by atoms with Crippen LogP contribution in [-0.2, 0) is 6.42 Å². The van der Waals surface area contributed by atoms with Crippen LogP contribution >= 0.6 is 11.6 Å². The Balaban J connectivity index is 1.96. The van der Waals surface area contributed by atoms with E-state index in [1.165, 1.54) is 0 Å². The van der Waals surface area contributed by atoms with Crippen molar-refractivity contribution in [1.82, 2.24) is 4.98 Å². The first-order chi connectivity index (χ1) is 10.5. The molecule has 0 aliphatic carbocycles. The number of halogens is 1. The summed E-state index contributed by atoms with van der Waals surface area (Å²) < 4.78 is 0. The SMILES string of the molecule is Nc1cc(CC(=O)c2cc3ccccc3[nH]c2=O)ccc1Cl. The number of rotatable bonds is 3. The first-order valence-electron chi connectivity index (χ1n) is 6.74. The Morgan fingerprint density at radius 1 is 1.14 bits per heavy atom. The highest BCUT2D eigenvalue weighted by Crippen LogP contribution is 2.20. The molecule has 1 heterocycles. The van der Waals surface area contributed by atoms with Gasteiger partial charge in [-0.3, -0.25) is 9.59 Å². The van der Waals surface area contributed by atoms with Crippen LogP contribution in [0.3, 0.4) is 0 Å². The molecule has 0 fully saturated rings. The maximum atomic E-state index is 12.4. The Morgan fingerprint density at radius 3 is 2.68 bits per heavy atom. The number of hydrogen-bond donors (Lipinski definition) is 2. The van der Waals surface area contributed by atoms with E-state index in [0.29, 0.717) is 16.2 Å². The third-order valence-electron chi connectivity index (χ3n) is 3.48. The van der Waals surface area contributed by atoms with E-state index in [9.17, 15) is 9.59 Å². The number of ketones is 1. The average Bonchev–Trinajstić information content (AvgIpc) is 2.50. The van der Waals surface area contributed by atoms with E-state index < -0.39 is 0 Å². The van der Waals surface area contributed by atoms with Crippen LogP contribution in [0.2, 0.25) is 5.02 Å². The molecule has 110 valence electrons. The molecule has 0 aliphatic rings. The fourth-order valence-corrected chi connectivity index (χ4v) is 2.46. The lowest BCUT2D eigenvalue weighted by atomic mass is 10.0. The number of H-pyrrole nitrogens is 1. The third-order valence-corrected chi connectivity index (χ3v) is 3.82. The molecule has 4 nitrogen and oxygen atoms in total. The predicted octanol–water partition coefficient (Wildman–Crippen LogP) is 3.19. The molecule has 3 N–H and O–H groups in total. The highest BCUT2D eigenvalue weighted by Gasteiger charge is 2.13. The van der Waals surface area contributed by atoms with Crippen LogP contribution in [-0.4, -0.2) is 10.8 Å². The molecule has 0 aliphatic heterocycles. The van der Waals surface area contributed by atoms with Gasteiger partial charge in [0.25, 0.3) is 5.56 Å². The average molecular weight is 313 g/mol. The second-order valence-corrected chi connectivity index (χ2v) is 5.46. The molecule has 2 aromatic carbocycles. The summed E-state index contributed by atoms with van der Waals surface area (Å²) in [6.45, 7) is 0. The molecule has 22 heavy (non-hydrogen) atoms. The third kappa shape index (κ3) is 2.73. The Morgan fingerprint density at radius 2 is 1.91 bits per heavy atom. The van der Waals surface area contributed by atoms with Crippen LogP contribution < -0.4 is 11.3 Å². The van der Waals surface area contributed by atoms with Crippen molar-refractivity contribution in [2.24, 2.45) is 0 Å². The summed E-state index contributed by atoms with van der Waals surface area (Å²) in [6, 6.07) is 14.0. The normalized spacial score (nSPS) is 10.8. The van der Waals surface area contributed by atoms with Crippen molar-refractivity contribution in [3.8, 4) is 0 Å². The molecule has 0 spiro atoms. The zero-order chi connectivity index (χ0) is 15.7. The van der Waals surface area contributed by atoms with Gasteiger partial charge < -0.3 is 10.7 Å². The summed E-state index contributed by atoms with van der Waals surface area (Å²) in [4.78, 5) is 27.2. The lowest BCUT2D eigenvalue weighted by molar-refractivity contribution is 0.0991. The molecule has 5 heteroatoms. The fraction of sp³-hybridized carbons (Fsp3) is 0.0588. The molecule has 0 radical (unpaired) electrons. The molecule has 3 aromatic rings. The fourth-order valence-electron chi connectivity index (χ4n) is 2.34. The highest BCUT2D eigenvalue weighted by molar-refractivity contribution is 6.33. The van der Waals surface area contributed by atoms with E-state index in [0.717, 1.165) is 10.9 Å². The minimum atomic E-state index is -0.384. The summed E-state index contributed by atoms with van der Waals surface area (Å²) in [5.41, 5.74) is 7.34.